The van der Waals surface area contributed by atoms with Gasteiger partial charge in [0.1, 0.15) is 12.1 Å². The first-order chi connectivity index (χ1) is 8.34. The summed E-state index contributed by atoms with van der Waals surface area (Å²) in [7, 11) is 2.11. The van der Waals surface area contributed by atoms with Crippen molar-refractivity contribution in [2.75, 3.05) is 31.6 Å². The standard InChI is InChI=1S/C12H18N4O/c1-16(5-9-2-3-13-4-9)12-10-6-17-7-11(10)14-8-15-12/h8-9,13H,2-7H2,1H3. The van der Waals surface area contributed by atoms with E-state index in [1.165, 1.54) is 12.0 Å². The largest absolute Gasteiger partial charge is 0.370 e. The van der Waals surface area contributed by atoms with Crippen LogP contribution in [0.25, 0.3) is 0 Å². The smallest absolute Gasteiger partial charge is 0.137 e. The Bertz CT molecular complexity index is 403. The summed E-state index contributed by atoms with van der Waals surface area (Å²) in [5.41, 5.74) is 2.22. The van der Waals surface area contributed by atoms with Crippen molar-refractivity contribution in [3.05, 3.63) is 17.6 Å². The molecule has 92 valence electrons. The van der Waals surface area contributed by atoms with Crippen LogP contribution in [0.5, 0.6) is 0 Å². The third kappa shape index (κ3) is 2.12. The molecule has 1 N–H and O–H groups in total. The molecule has 2 aliphatic heterocycles. The molecule has 1 aromatic heterocycles. The molecule has 3 heterocycles. The third-order valence-corrected chi connectivity index (χ3v) is 3.55. The molecule has 0 bridgehead atoms. The molecular weight excluding hydrogens is 216 g/mol. The van der Waals surface area contributed by atoms with Crippen LogP contribution in [0, 0.1) is 5.92 Å². The number of nitrogens with zero attached hydrogens (tertiary/aromatic N) is 3. The van der Waals surface area contributed by atoms with Crippen molar-refractivity contribution >= 4 is 5.82 Å². The Labute approximate surface area is 101 Å². The summed E-state index contributed by atoms with van der Waals surface area (Å²) in [6.07, 6.45) is 2.90. The van der Waals surface area contributed by atoms with Gasteiger partial charge in [-0.05, 0) is 25.4 Å². The average Bonchev–Trinajstić information content (AvgIpc) is 2.97. The second-order valence-corrected chi connectivity index (χ2v) is 4.85. The van der Waals surface area contributed by atoms with E-state index in [2.05, 4.69) is 27.2 Å². The van der Waals surface area contributed by atoms with E-state index in [0.29, 0.717) is 13.2 Å². The molecule has 1 atom stereocenters. The van der Waals surface area contributed by atoms with Crippen LogP contribution in [0.1, 0.15) is 17.7 Å². The van der Waals surface area contributed by atoms with E-state index in [4.69, 9.17) is 4.74 Å². The number of hydrogen-bond acceptors (Lipinski definition) is 5. The van der Waals surface area contributed by atoms with E-state index in [1.807, 2.05) is 0 Å². The normalized spacial score (nSPS) is 22.8. The molecule has 1 unspecified atom stereocenters. The second-order valence-electron chi connectivity index (χ2n) is 4.85. The minimum atomic E-state index is 0.629. The molecule has 0 saturated carbocycles. The van der Waals surface area contributed by atoms with Crippen molar-refractivity contribution in [2.45, 2.75) is 19.6 Å². The lowest BCUT2D eigenvalue weighted by atomic mass is 10.1. The lowest BCUT2D eigenvalue weighted by molar-refractivity contribution is 0.133. The fourth-order valence-electron chi connectivity index (χ4n) is 2.63. The van der Waals surface area contributed by atoms with Crippen LogP contribution in [-0.4, -0.2) is 36.6 Å². The Morgan fingerprint density at radius 1 is 1.47 bits per heavy atom. The molecule has 1 fully saturated rings. The van der Waals surface area contributed by atoms with Crippen LogP contribution in [0.4, 0.5) is 5.82 Å². The SMILES string of the molecule is CN(CC1CCNC1)c1ncnc2c1COC2. The predicted octanol–water partition coefficient (Wildman–Crippen LogP) is 0.552. The Hall–Kier alpha value is -1.20. The van der Waals surface area contributed by atoms with Gasteiger partial charge in [0.2, 0.25) is 0 Å². The number of hydrogen-bond donors (Lipinski definition) is 1. The highest BCUT2D eigenvalue weighted by atomic mass is 16.5. The van der Waals surface area contributed by atoms with Crippen LogP contribution in [0.3, 0.4) is 0 Å². The maximum atomic E-state index is 5.43. The summed E-state index contributed by atoms with van der Waals surface area (Å²) in [4.78, 5) is 10.9. The van der Waals surface area contributed by atoms with Gasteiger partial charge < -0.3 is 15.0 Å². The van der Waals surface area contributed by atoms with Gasteiger partial charge in [-0.2, -0.15) is 0 Å². The van der Waals surface area contributed by atoms with E-state index in [0.717, 1.165) is 37.1 Å². The van der Waals surface area contributed by atoms with Gasteiger partial charge >= 0.3 is 0 Å². The molecule has 0 spiro atoms. The van der Waals surface area contributed by atoms with Crippen molar-refractivity contribution in [3.63, 3.8) is 0 Å². The van der Waals surface area contributed by atoms with Crippen molar-refractivity contribution in [1.29, 1.82) is 0 Å². The molecule has 0 aromatic carbocycles. The summed E-state index contributed by atoms with van der Waals surface area (Å²) in [5.74, 6) is 1.77. The Kier molecular flexibility index (Phi) is 2.94. The molecule has 5 heteroatoms. The lowest BCUT2D eigenvalue weighted by Crippen LogP contribution is -2.28. The highest BCUT2D eigenvalue weighted by Gasteiger charge is 2.22. The highest BCUT2D eigenvalue weighted by Crippen LogP contribution is 2.26. The number of ether oxygens (including phenoxy) is 1. The maximum Gasteiger partial charge on any atom is 0.137 e. The van der Waals surface area contributed by atoms with Crippen molar-refractivity contribution in [2.24, 2.45) is 5.92 Å². The molecule has 2 aliphatic rings. The summed E-state index contributed by atoms with van der Waals surface area (Å²) in [6, 6.07) is 0. The molecule has 5 nitrogen and oxygen atoms in total. The molecule has 1 aromatic rings. The predicted molar refractivity (Wildman–Crippen MR) is 64.8 cm³/mol. The Balaban J connectivity index is 1.76. The minimum Gasteiger partial charge on any atom is -0.370 e. The fourth-order valence-corrected chi connectivity index (χ4v) is 2.63. The van der Waals surface area contributed by atoms with Gasteiger partial charge in [-0.1, -0.05) is 0 Å². The first kappa shape index (κ1) is 10.9. The first-order valence-corrected chi connectivity index (χ1v) is 6.17. The molecule has 1 saturated heterocycles. The third-order valence-electron chi connectivity index (χ3n) is 3.55. The molecular formula is C12H18N4O. The van der Waals surface area contributed by atoms with Gasteiger partial charge in [0, 0.05) is 19.2 Å². The van der Waals surface area contributed by atoms with E-state index in [9.17, 15) is 0 Å². The molecule has 0 aliphatic carbocycles. The minimum absolute atomic E-state index is 0.629. The average molecular weight is 234 g/mol. The van der Waals surface area contributed by atoms with Gasteiger partial charge in [0.05, 0.1) is 18.9 Å². The zero-order valence-corrected chi connectivity index (χ0v) is 10.1. The van der Waals surface area contributed by atoms with Crippen LogP contribution in [0.2, 0.25) is 0 Å². The van der Waals surface area contributed by atoms with E-state index >= 15 is 0 Å². The van der Waals surface area contributed by atoms with Crippen molar-refractivity contribution in [1.82, 2.24) is 15.3 Å². The zero-order valence-electron chi connectivity index (χ0n) is 10.1. The number of rotatable bonds is 3. The van der Waals surface area contributed by atoms with Crippen LogP contribution >= 0.6 is 0 Å². The topological polar surface area (TPSA) is 50.3 Å². The van der Waals surface area contributed by atoms with Gasteiger partial charge in [0.25, 0.3) is 0 Å². The zero-order chi connectivity index (χ0) is 11.7. The van der Waals surface area contributed by atoms with E-state index < -0.39 is 0 Å². The van der Waals surface area contributed by atoms with Gasteiger partial charge in [-0.3, -0.25) is 0 Å². The van der Waals surface area contributed by atoms with Gasteiger partial charge in [-0.25, -0.2) is 9.97 Å². The maximum absolute atomic E-state index is 5.43. The number of fused-ring (bicyclic) bond motifs is 1. The van der Waals surface area contributed by atoms with Gasteiger partial charge in [-0.15, -0.1) is 0 Å². The highest BCUT2D eigenvalue weighted by molar-refractivity contribution is 5.48. The van der Waals surface area contributed by atoms with E-state index in [-0.39, 0.29) is 0 Å². The van der Waals surface area contributed by atoms with Crippen LogP contribution in [0.15, 0.2) is 6.33 Å². The number of aromatic nitrogens is 2. The Morgan fingerprint density at radius 2 is 2.41 bits per heavy atom. The number of anilines is 1. The van der Waals surface area contributed by atoms with Crippen LogP contribution < -0.4 is 10.2 Å². The summed E-state index contributed by atoms with van der Waals surface area (Å²) in [5, 5.41) is 3.40. The molecule has 17 heavy (non-hydrogen) atoms. The first-order valence-electron chi connectivity index (χ1n) is 6.17. The van der Waals surface area contributed by atoms with Gasteiger partial charge in [0.15, 0.2) is 0 Å². The summed E-state index contributed by atoms with van der Waals surface area (Å²) < 4.78 is 5.43. The Morgan fingerprint density at radius 3 is 3.24 bits per heavy atom. The quantitative estimate of drug-likeness (QED) is 0.828. The lowest BCUT2D eigenvalue weighted by Gasteiger charge is -2.23. The fraction of sp³-hybridized carbons (Fsp3) is 0.667. The summed E-state index contributed by atoms with van der Waals surface area (Å²) in [6.45, 7) is 4.59. The number of nitrogens with one attached hydrogen (secondary N) is 1. The van der Waals surface area contributed by atoms with E-state index in [1.54, 1.807) is 6.33 Å². The molecule has 3 rings (SSSR count). The molecule has 0 amide bonds. The van der Waals surface area contributed by atoms with Crippen molar-refractivity contribution in [3.8, 4) is 0 Å². The summed E-state index contributed by atoms with van der Waals surface area (Å²) >= 11 is 0. The second kappa shape index (κ2) is 4.58. The van der Waals surface area contributed by atoms with Crippen molar-refractivity contribution < 1.29 is 4.74 Å². The van der Waals surface area contributed by atoms with Crippen LogP contribution in [-0.2, 0) is 18.0 Å². The monoisotopic (exact) mass is 234 g/mol. The molecule has 0 radical (unpaired) electrons.